The highest BCUT2D eigenvalue weighted by molar-refractivity contribution is 7.93. The van der Waals surface area contributed by atoms with Gasteiger partial charge in [-0.05, 0) is 82.8 Å². The van der Waals surface area contributed by atoms with Crippen molar-refractivity contribution in [1.82, 2.24) is 0 Å². The minimum absolute atomic E-state index is 0.0160. The first-order chi connectivity index (χ1) is 20.3. The summed E-state index contributed by atoms with van der Waals surface area (Å²) in [4.78, 5) is 13.3. The first-order valence-electron chi connectivity index (χ1n) is 14.3. The average molecular weight is 617 g/mol. The maximum Gasteiger partial charge on any atom is 0.266 e. The van der Waals surface area contributed by atoms with Gasteiger partial charge in [0, 0.05) is 11.3 Å². The van der Waals surface area contributed by atoms with Crippen molar-refractivity contribution in [3.63, 3.8) is 0 Å². The normalized spacial score (nSPS) is 15.3. The van der Waals surface area contributed by atoms with E-state index in [0.29, 0.717) is 17.1 Å². The number of anilines is 2. The lowest BCUT2D eigenvalue weighted by Gasteiger charge is -2.42. The minimum Gasteiger partial charge on any atom is -0.495 e. The van der Waals surface area contributed by atoms with Crippen molar-refractivity contribution in [2.24, 2.45) is 0 Å². The van der Waals surface area contributed by atoms with E-state index in [2.05, 4.69) is 39.1 Å². The summed E-state index contributed by atoms with van der Waals surface area (Å²) in [6, 6.07) is 26.6. The topological polar surface area (TPSA) is 75.7 Å². The summed E-state index contributed by atoms with van der Waals surface area (Å²) >= 11 is 6.52. The maximum absolute atomic E-state index is 14.3. The molecule has 0 saturated heterocycles. The minimum atomic E-state index is -4.24. The Morgan fingerprint density at radius 2 is 1.51 bits per heavy atom. The molecule has 0 radical (unpaired) electrons. The summed E-state index contributed by atoms with van der Waals surface area (Å²) in [5.41, 5.74) is 4.52. The van der Waals surface area contributed by atoms with Gasteiger partial charge in [0.25, 0.3) is 15.9 Å². The number of halogens is 1. The van der Waals surface area contributed by atoms with E-state index in [4.69, 9.17) is 16.3 Å². The number of carbonyl (C=O) groups is 1. The van der Waals surface area contributed by atoms with Crippen LogP contribution >= 0.6 is 11.6 Å². The molecule has 0 bridgehead atoms. The standard InChI is InChI=1S/C35H37ClN2O4S/c1-34(2)19-20-35(3,4)28-22-26(16-17-27(28)34)37-33(39)25-15-18-29(36)32(21-25)43(40,41)38(23-24-11-7-6-8-12-24)30-13-9-10-14-31(30)42-5/h6-18,21-22H,19-20,23H2,1-5H3,(H,37,39). The number of hydrogen-bond acceptors (Lipinski definition) is 4. The number of hydrogen-bond donors (Lipinski definition) is 1. The zero-order chi connectivity index (χ0) is 31.0. The van der Waals surface area contributed by atoms with E-state index in [1.54, 1.807) is 24.3 Å². The van der Waals surface area contributed by atoms with E-state index >= 15 is 0 Å². The molecule has 1 aliphatic rings. The molecule has 4 aromatic carbocycles. The van der Waals surface area contributed by atoms with Crippen LogP contribution in [0.4, 0.5) is 11.4 Å². The number of para-hydroxylation sites is 2. The van der Waals surface area contributed by atoms with Crippen LogP contribution in [0.25, 0.3) is 0 Å². The fourth-order valence-corrected chi connectivity index (χ4v) is 7.68. The molecule has 6 nitrogen and oxygen atoms in total. The number of amides is 1. The number of ether oxygens (including phenoxy) is 1. The van der Waals surface area contributed by atoms with Crippen LogP contribution in [0, 0.1) is 0 Å². The molecule has 0 spiro atoms. The lowest BCUT2D eigenvalue weighted by molar-refractivity contribution is 0.102. The van der Waals surface area contributed by atoms with Crippen LogP contribution in [0.2, 0.25) is 5.02 Å². The molecule has 5 rings (SSSR count). The number of nitrogens with one attached hydrogen (secondary N) is 1. The van der Waals surface area contributed by atoms with Crippen molar-refractivity contribution in [3.8, 4) is 5.75 Å². The number of benzene rings is 4. The van der Waals surface area contributed by atoms with Crippen LogP contribution in [-0.2, 0) is 27.4 Å². The van der Waals surface area contributed by atoms with E-state index in [9.17, 15) is 13.2 Å². The Labute approximate surface area is 259 Å². The van der Waals surface area contributed by atoms with Crippen LogP contribution in [0.15, 0.2) is 95.9 Å². The Morgan fingerprint density at radius 1 is 0.860 bits per heavy atom. The molecular formula is C35H37ClN2O4S. The van der Waals surface area contributed by atoms with Gasteiger partial charge in [0.2, 0.25) is 0 Å². The maximum atomic E-state index is 14.3. The summed E-state index contributed by atoms with van der Waals surface area (Å²) in [5.74, 6) is -0.0293. The van der Waals surface area contributed by atoms with Crippen LogP contribution in [0.5, 0.6) is 5.75 Å². The van der Waals surface area contributed by atoms with E-state index in [0.717, 1.165) is 18.4 Å². The third kappa shape index (κ3) is 6.15. The Bertz CT molecular complexity index is 1770. The Balaban J connectivity index is 1.51. The smallest absolute Gasteiger partial charge is 0.266 e. The highest BCUT2D eigenvalue weighted by Crippen LogP contribution is 2.46. The second kappa shape index (κ2) is 11.7. The number of fused-ring (bicyclic) bond motifs is 1. The summed E-state index contributed by atoms with van der Waals surface area (Å²) < 4.78 is 35.4. The molecule has 0 aliphatic heterocycles. The van der Waals surface area contributed by atoms with Gasteiger partial charge in [0.1, 0.15) is 10.6 Å². The first kappa shape index (κ1) is 30.6. The quantitative estimate of drug-likeness (QED) is 0.216. The summed E-state index contributed by atoms with van der Waals surface area (Å²) in [6.07, 6.45) is 2.14. The number of nitrogens with zero attached hydrogens (tertiary/aromatic N) is 1. The fourth-order valence-electron chi connectivity index (χ4n) is 5.72. The van der Waals surface area contributed by atoms with Gasteiger partial charge < -0.3 is 10.1 Å². The van der Waals surface area contributed by atoms with Gasteiger partial charge in [-0.2, -0.15) is 0 Å². The van der Waals surface area contributed by atoms with Gasteiger partial charge in [-0.15, -0.1) is 0 Å². The highest BCUT2D eigenvalue weighted by Gasteiger charge is 2.37. The molecule has 0 aromatic heterocycles. The summed E-state index contributed by atoms with van der Waals surface area (Å²) in [7, 11) is -2.75. The lowest BCUT2D eigenvalue weighted by Crippen LogP contribution is -2.33. The molecule has 0 unspecified atom stereocenters. The Kier molecular flexibility index (Phi) is 8.34. The zero-order valence-electron chi connectivity index (χ0n) is 25.1. The predicted molar refractivity (Wildman–Crippen MR) is 174 cm³/mol. The van der Waals surface area contributed by atoms with Crippen LogP contribution in [0.3, 0.4) is 0 Å². The Hall–Kier alpha value is -3.81. The molecule has 224 valence electrons. The third-order valence-electron chi connectivity index (χ3n) is 8.39. The zero-order valence-corrected chi connectivity index (χ0v) is 26.7. The van der Waals surface area contributed by atoms with Gasteiger partial charge in [0.15, 0.2) is 0 Å². The highest BCUT2D eigenvalue weighted by atomic mass is 35.5. The predicted octanol–water partition coefficient (Wildman–Crippen LogP) is 8.35. The van der Waals surface area contributed by atoms with Gasteiger partial charge in [-0.25, -0.2) is 8.42 Å². The third-order valence-corrected chi connectivity index (χ3v) is 10.6. The molecule has 4 aromatic rings. The van der Waals surface area contributed by atoms with Gasteiger partial charge >= 0.3 is 0 Å². The summed E-state index contributed by atoms with van der Waals surface area (Å²) in [5, 5.41) is 3.00. The summed E-state index contributed by atoms with van der Waals surface area (Å²) in [6.45, 7) is 9.00. The number of carbonyl (C=O) groups excluding carboxylic acids is 1. The van der Waals surface area contributed by atoms with Crippen LogP contribution in [0.1, 0.15) is 67.6 Å². The van der Waals surface area contributed by atoms with E-state index in [-0.39, 0.29) is 32.9 Å². The van der Waals surface area contributed by atoms with Crippen LogP contribution < -0.4 is 14.4 Å². The molecule has 0 fully saturated rings. The van der Waals surface area contributed by atoms with E-state index in [1.807, 2.05) is 42.5 Å². The second-order valence-electron chi connectivity index (χ2n) is 12.3. The number of rotatable bonds is 8. The molecule has 1 N–H and O–H groups in total. The monoisotopic (exact) mass is 616 g/mol. The van der Waals surface area contributed by atoms with Gasteiger partial charge in [0.05, 0.1) is 24.4 Å². The molecule has 0 atom stereocenters. The van der Waals surface area contributed by atoms with Crippen LogP contribution in [-0.4, -0.2) is 21.4 Å². The molecular weight excluding hydrogens is 580 g/mol. The second-order valence-corrected chi connectivity index (χ2v) is 14.5. The average Bonchev–Trinajstić information content (AvgIpc) is 2.99. The molecule has 0 heterocycles. The van der Waals surface area contributed by atoms with Gasteiger partial charge in [-0.1, -0.05) is 87.8 Å². The van der Waals surface area contributed by atoms with Gasteiger partial charge in [-0.3, -0.25) is 9.10 Å². The SMILES string of the molecule is COc1ccccc1N(Cc1ccccc1)S(=O)(=O)c1cc(C(=O)Nc2ccc3c(c2)C(C)(C)CCC3(C)C)ccc1Cl. The van der Waals surface area contributed by atoms with Crippen molar-refractivity contribution >= 4 is 38.9 Å². The molecule has 0 saturated carbocycles. The van der Waals surface area contributed by atoms with Crippen molar-refractivity contribution in [1.29, 1.82) is 0 Å². The molecule has 43 heavy (non-hydrogen) atoms. The number of methoxy groups -OCH3 is 1. The van der Waals surface area contributed by atoms with E-state index < -0.39 is 15.9 Å². The van der Waals surface area contributed by atoms with Crippen molar-refractivity contribution in [2.45, 2.75) is 62.8 Å². The molecule has 1 amide bonds. The first-order valence-corrected chi connectivity index (χ1v) is 16.1. The van der Waals surface area contributed by atoms with Crippen molar-refractivity contribution in [3.05, 3.63) is 118 Å². The van der Waals surface area contributed by atoms with Crippen molar-refractivity contribution < 1.29 is 17.9 Å². The van der Waals surface area contributed by atoms with Crippen molar-refractivity contribution in [2.75, 3.05) is 16.7 Å². The molecule has 8 heteroatoms. The van der Waals surface area contributed by atoms with E-state index in [1.165, 1.54) is 40.7 Å². The lowest BCUT2D eigenvalue weighted by atomic mass is 9.63. The largest absolute Gasteiger partial charge is 0.495 e. The number of sulfonamides is 1. The molecule has 1 aliphatic carbocycles. The Morgan fingerprint density at radius 3 is 2.21 bits per heavy atom. The fraction of sp³-hybridized carbons (Fsp3) is 0.286.